The van der Waals surface area contributed by atoms with E-state index in [1.807, 2.05) is 12.3 Å². The standard InChI is InChI=1S/C22H24N4O2/c1-14-10-17(7-9-27-14)28-20-13-26(2)19-11-16(5-6-18(19)20)25-22-21-15(12-24-22)4-3-8-23-21/h3-6,8,11,13-14,17H,7,9-10,12H2,1-2H3,(H,24,25). The summed E-state index contributed by atoms with van der Waals surface area (Å²) in [6, 6.07) is 10.4. The molecule has 1 aromatic carbocycles. The van der Waals surface area contributed by atoms with Crippen molar-refractivity contribution in [3.05, 3.63) is 54.0 Å². The number of pyridine rings is 1. The number of ether oxygens (including phenoxy) is 2. The number of fused-ring (bicyclic) bond motifs is 2. The van der Waals surface area contributed by atoms with Gasteiger partial charge in [-0.3, -0.25) is 9.98 Å². The van der Waals surface area contributed by atoms with Crippen molar-refractivity contribution in [2.75, 3.05) is 11.9 Å². The van der Waals surface area contributed by atoms with Crippen LogP contribution >= 0.6 is 0 Å². The number of amidine groups is 1. The molecule has 2 aliphatic rings. The highest BCUT2D eigenvalue weighted by molar-refractivity contribution is 6.10. The summed E-state index contributed by atoms with van der Waals surface area (Å²) in [7, 11) is 2.05. The third-order valence-corrected chi connectivity index (χ3v) is 5.47. The fourth-order valence-electron chi connectivity index (χ4n) is 4.02. The first kappa shape index (κ1) is 17.3. The maximum absolute atomic E-state index is 6.32. The lowest BCUT2D eigenvalue weighted by molar-refractivity contribution is -0.0248. The number of aliphatic imine (C=N–C) groups is 1. The second kappa shape index (κ2) is 6.95. The fraction of sp³-hybridized carbons (Fsp3) is 0.364. The molecule has 1 saturated heterocycles. The van der Waals surface area contributed by atoms with Gasteiger partial charge in [-0.25, -0.2) is 0 Å². The fourth-order valence-corrected chi connectivity index (χ4v) is 4.02. The van der Waals surface area contributed by atoms with Gasteiger partial charge in [-0.15, -0.1) is 0 Å². The molecule has 0 aliphatic carbocycles. The van der Waals surface area contributed by atoms with E-state index < -0.39 is 0 Å². The smallest absolute Gasteiger partial charge is 0.152 e. The summed E-state index contributed by atoms with van der Waals surface area (Å²) in [6.07, 6.45) is 6.21. The number of hydrogen-bond donors (Lipinski definition) is 1. The largest absolute Gasteiger partial charge is 0.488 e. The molecule has 144 valence electrons. The lowest BCUT2D eigenvalue weighted by Gasteiger charge is -2.27. The van der Waals surface area contributed by atoms with E-state index in [0.717, 1.165) is 58.9 Å². The molecule has 4 heterocycles. The van der Waals surface area contributed by atoms with Crippen LogP contribution in [0.15, 0.2) is 47.7 Å². The molecule has 5 rings (SSSR count). The van der Waals surface area contributed by atoms with Crippen molar-refractivity contribution in [1.82, 2.24) is 9.55 Å². The Hall–Kier alpha value is -2.86. The van der Waals surface area contributed by atoms with Gasteiger partial charge in [-0.05, 0) is 31.2 Å². The van der Waals surface area contributed by atoms with Gasteiger partial charge in [0.1, 0.15) is 17.5 Å². The molecular formula is C22H24N4O2. The summed E-state index contributed by atoms with van der Waals surface area (Å²) in [4.78, 5) is 9.05. The average Bonchev–Trinajstić information content (AvgIpc) is 3.23. The van der Waals surface area contributed by atoms with Crippen molar-refractivity contribution in [3.63, 3.8) is 0 Å². The van der Waals surface area contributed by atoms with Crippen molar-refractivity contribution < 1.29 is 9.47 Å². The molecular weight excluding hydrogens is 352 g/mol. The van der Waals surface area contributed by atoms with Crippen molar-refractivity contribution in [2.24, 2.45) is 12.0 Å². The van der Waals surface area contributed by atoms with Crippen LogP contribution in [-0.2, 0) is 18.3 Å². The van der Waals surface area contributed by atoms with Crippen LogP contribution in [-0.4, -0.2) is 34.2 Å². The molecule has 3 aromatic rings. The van der Waals surface area contributed by atoms with Crippen molar-refractivity contribution >= 4 is 22.4 Å². The van der Waals surface area contributed by atoms with Crippen LogP contribution in [0.2, 0.25) is 0 Å². The summed E-state index contributed by atoms with van der Waals surface area (Å²) in [5.74, 6) is 1.77. The first-order valence-electron chi connectivity index (χ1n) is 9.80. The predicted molar refractivity (Wildman–Crippen MR) is 110 cm³/mol. The highest BCUT2D eigenvalue weighted by atomic mass is 16.5. The highest BCUT2D eigenvalue weighted by Gasteiger charge is 2.22. The van der Waals surface area contributed by atoms with Gasteiger partial charge in [0.05, 0.1) is 24.8 Å². The van der Waals surface area contributed by atoms with Crippen molar-refractivity contribution in [3.8, 4) is 5.75 Å². The number of nitrogens with one attached hydrogen (secondary N) is 1. The molecule has 0 bridgehead atoms. The van der Waals surface area contributed by atoms with E-state index >= 15 is 0 Å². The van der Waals surface area contributed by atoms with Crippen molar-refractivity contribution in [2.45, 2.75) is 38.5 Å². The molecule has 0 radical (unpaired) electrons. The van der Waals surface area contributed by atoms with E-state index in [-0.39, 0.29) is 12.2 Å². The Balaban J connectivity index is 1.39. The van der Waals surface area contributed by atoms with Crippen LogP contribution in [0.4, 0.5) is 5.69 Å². The van der Waals surface area contributed by atoms with E-state index in [0.29, 0.717) is 6.54 Å². The van der Waals surface area contributed by atoms with Crippen LogP contribution in [0.3, 0.4) is 0 Å². The minimum atomic E-state index is 0.211. The van der Waals surface area contributed by atoms with E-state index in [1.165, 1.54) is 0 Å². The molecule has 2 unspecified atom stereocenters. The molecule has 6 nitrogen and oxygen atoms in total. The van der Waals surface area contributed by atoms with Crippen LogP contribution in [0.25, 0.3) is 10.9 Å². The maximum Gasteiger partial charge on any atom is 0.152 e. The first-order valence-corrected chi connectivity index (χ1v) is 9.80. The van der Waals surface area contributed by atoms with E-state index in [4.69, 9.17) is 9.47 Å². The number of aryl methyl sites for hydroxylation is 1. The summed E-state index contributed by atoms with van der Waals surface area (Å²) in [5.41, 5.74) is 4.22. The van der Waals surface area contributed by atoms with Crippen molar-refractivity contribution in [1.29, 1.82) is 0 Å². The SMILES string of the molecule is CC1CC(Oc2cn(C)c3cc(NC4=NCc5cccnc54)ccc23)CCO1. The van der Waals surface area contributed by atoms with Gasteiger partial charge in [0.2, 0.25) is 0 Å². The molecule has 28 heavy (non-hydrogen) atoms. The third-order valence-electron chi connectivity index (χ3n) is 5.47. The molecule has 6 heteroatoms. The summed E-state index contributed by atoms with van der Waals surface area (Å²) in [6.45, 7) is 3.55. The predicted octanol–water partition coefficient (Wildman–Crippen LogP) is 3.89. The minimum Gasteiger partial charge on any atom is -0.488 e. The average molecular weight is 376 g/mol. The minimum absolute atomic E-state index is 0.211. The van der Waals surface area contributed by atoms with Gasteiger partial charge in [0.25, 0.3) is 0 Å². The third kappa shape index (κ3) is 3.14. The van der Waals surface area contributed by atoms with Crippen LogP contribution in [0.1, 0.15) is 31.0 Å². The van der Waals surface area contributed by atoms with Gasteiger partial charge in [0, 0.05) is 48.9 Å². The quantitative estimate of drug-likeness (QED) is 0.753. The second-order valence-electron chi connectivity index (χ2n) is 7.58. The zero-order valence-corrected chi connectivity index (χ0v) is 16.2. The molecule has 0 spiro atoms. The Labute approximate surface area is 164 Å². The molecule has 2 aliphatic heterocycles. The topological polar surface area (TPSA) is 60.7 Å². The van der Waals surface area contributed by atoms with Crippen LogP contribution in [0, 0.1) is 0 Å². The number of rotatable bonds is 3. The monoisotopic (exact) mass is 376 g/mol. The van der Waals surface area contributed by atoms with Gasteiger partial charge >= 0.3 is 0 Å². The Bertz CT molecular complexity index is 1060. The number of hydrogen-bond acceptors (Lipinski definition) is 5. The Kier molecular flexibility index (Phi) is 4.28. The van der Waals surface area contributed by atoms with E-state index in [9.17, 15) is 0 Å². The summed E-state index contributed by atoms with van der Waals surface area (Å²) < 4.78 is 14.1. The molecule has 2 atom stereocenters. The number of aromatic nitrogens is 2. The van der Waals surface area contributed by atoms with Crippen LogP contribution in [0.5, 0.6) is 5.75 Å². The lowest BCUT2D eigenvalue weighted by Crippen LogP contribution is -2.30. The Morgan fingerprint density at radius 2 is 2.21 bits per heavy atom. The van der Waals surface area contributed by atoms with Crippen LogP contribution < -0.4 is 10.1 Å². The number of nitrogens with zero attached hydrogens (tertiary/aromatic N) is 3. The van der Waals surface area contributed by atoms with Gasteiger partial charge in [-0.2, -0.15) is 0 Å². The summed E-state index contributed by atoms with van der Waals surface area (Å²) in [5, 5.41) is 4.55. The zero-order chi connectivity index (χ0) is 19.1. The normalized spacial score (nSPS) is 21.4. The first-order chi connectivity index (χ1) is 13.7. The number of benzene rings is 1. The molecule has 1 N–H and O–H groups in total. The molecule has 0 saturated carbocycles. The van der Waals surface area contributed by atoms with E-state index in [2.05, 4.69) is 64.3 Å². The molecule has 1 fully saturated rings. The van der Waals surface area contributed by atoms with Gasteiger partial charge in [-0.1, -0.05) is 6.07 Å². The second-order valence-corrected chi connectivity index (χ2v) is 7.58. The Morgan fingerprint density at radius 1 is 1.29 bits per heavy atom. The molecule has 2 aromatic heterocycles. The zero-order valence-electron chi connectivity index (χ0n) is 16.2. The lowest BCUT2D eigenvalue weighted by atomic mass is 10.1. The van der Waals surface area contributed by atoms with Gasteiger partial charge < -0.3 is 19.4 Å². The highest BCUT2D eigenvalue weighted by Crippen LogP contribution is 2.32. The van der Waals surface area contributed by atoms with Gasteiger partial charge in [0.15, 0.2) is 5.84 Å². The summed E-state index contributed by atoms with van der Waals surface area (Å²) >= 11 is 0. The maximum atomic E-state index is 6.32. The number of anilines is 1. The molecule has 0 amide bonds. The Morgan fingerprint density at radius 3 is 3.11 bits per heavy atom. The van der Waals surface area contributed by atoms with E-state index in [1.54, 1.807) is 0 Å².